The zero-order valence-electron chi connectivity index (χ0n) is 12.5. The summed E-state index contributed by atoms with van der Waals surface area (Å²) in [5.74, 6) is 0.599. The predicted molar refractivity (Wildman–Crippen MR) is 85.1 cm³/mol. The second-order valence-corrected chi connectivity index (χ2v) is 6.82. The van der Waals surface area contributed by atoms with Gasteiger partial charge < -0.3 is 9.88 Å². The molecule has 21 heavy (non-hydrogen) atoms. The van der Waals surface area contributed by atoms with Crippen molar-refractivity contribution in [2.24, 2.45) is 5.92 Å². The maximum Gasteiger partial charge on any atom is 0.263 e. The summed E-state index contributed by atoms with van der Waals surface area (Å²) in [4.78, 5) is 17.8. The molecule has 2 atom stereocenters. The van der Waals surface area contributed by atoms with Crippen molar-refractivity contribution in [3.05, 3.63) is 35.1 Å². The maximum atomic E-state index is 12.5. The van der Waals surface area contributed by atoms with Crippen molar-refractivity contribution in [1.29, 1.82) is 0 Å². The van der Waals surface area contributed by atoms with Crippen LogP contribution in [0.5, 0.6) is 0 Å². The van der Waals surface area contributed by atoms with Gasteiger partial charge in [-0.05, 0) is 37.8 Å². The monoisotopic (exact) mass is 303 g/mol. The topological polar surface area (TPSA) is 46.9 Å². The van der Waals surface area contributed by atoms with Gasteiger partial charge in [0, 0.05) is 18.4 Å². The zero-order valence-corrected chi connectivity index (χ0v) is 13.3. The number of thiazole rings is 1. The van der Waals surface area contributed by atoms with Gasteiger partial charge in [0.05, 0.1) is 5.69 Å². The van der Waals surface area contributed by atoms with E-state index in [1.165, 1.54) is 30.6 Å². The highest BCUT2D eigenvalue weighted by atomic mass is 32.1. The summed E-state index contributed by atoms with van der Waals surface area (Å²) >= 11 is 1.45. The highest BCUT2D eigenvalue weighted by Crippen LogP contribution is 2.26. The first-order valence-corrected chi connectivity index (χ1v) is 8.38. The summed E-state index contributed by atoms with van der Waals surface area (Å²) < 4.78 is 1.94. The molecule has 1 amide bonds. The number of rotatable bonds is 3. The van der Waals surface area contributed by atoms with E-state index in [4.69, 9.17) is 0 Å². The first-order valence-electron chi connectivity index (χ1n) is 7.57. The van der Waals surface area contributed by atoms with Crippen LogP contribution >= 0.6 is 11.3 Å². The Morgan fingerprint density at radius 2 is 2.05 bits per heavy atom. The average Bonchev–Trinajstić information content (AvgIpc) is 3.10. The second-order valence-electron chi connectivity index (χ2n) is 5.84. The molecule has 2 aromatic heterocycles. The molecule has 0 radical (unpaired) electrons. The van der Waals surface area contributed by atoms with Crippen LogP contribution in [0.4, 0.5) is 0 Å². The van der Waals surface area contributed by atoms with Gasteiger partial charge in [-0.1, -0.05) is 31.1 Å². The summed E-state index contributed by atoms with van der Waals surface area (Å²) in [6.45, 7) is 4.14. The van der Waals surface area contributed by atoms with E-state index in [2.05, 4.69) is 17.2 Å². The summed E-state index contributed by atoms with van der Waals surface area (Å²) in [5, 5.41) is 4.05. The largest absolute Gasteiger partial charge is 0.348 e. The third-order valence-corrected chi connectivity index (χ3v) is 5.41. The van der Waals surface area contributed by atoms with Gasteiger partial charge in [0.25, 0.3) is 5.91 Å². The van der Waals surface area contributed by atoms with Crippen LogP contribution in [-0.2, 0) is 0 Å². The summed E-state index contributed by atoms with van der Waals surface area (Å²) in [5.41, 5.74) is 0.810. The zero-order chi connectivity index (χ0) is 14.8. The van der Waals surface area contributed by atoms with E-state index in [-0.39, 0.29) is 5.91 Å². The first kappa shape index (κ1) is 14.3. The minimum atomic E-state index is 0.0298. The van der Waals surface area contributed by atoms with Gasteiger partial charge in [-0.15, -0.1) is 0 Å². The lowest BCUT2D eigenvalue weighted by atomic mass is 9.86. The van der Waals surface area contributed by atoms with E-state index < -0.39 is 0 Å². The fourth-order valence-corrected chi connectivity index (χ4v) is 3.87. The van der Waals surface area contributed by atoms with E-state index in [9.17, 15) is 4.79 Å². The van der Waals surface area contributed by atoms with E-state index in [1.54, 1.807) is 0 Å². The van der Waals surface area contributed by atoms with E-state index in [1.807, 2.05) is 36.0 Å². The Hall–Kier alpha value is -1.62. The number of carbonyl (C=O) groups excluding carboxylic acids is 1. The minimum Gasteiger partial charge on any atom is -0.348 e. The van der Waals surface area contributed by atoms with E-state index in [0.29, 0.717) is 12.0 Å². The second kappa shape index (κ2) is 6.02. The molecule has 2 heterocycles. The van der Waals surface area contributed by atoms with Crippen molar-refractivity contribution in [1.82, 2.24) is 14.9 Å². The van der Waals surface area contributed by atoms with Crippen LogP contribution in [0.25, 0.3) is 5.13 Å². The fraction of sp³-hybridized carbons (Fsp3) is 0.500. The third kappa shape index (κ3) is 3.02. The molecule has 0 aromatic carbocycles. The molecule has 0 spiro atoms. The first-order chi connectivity index (χ1) is 10.1. The number of nitrogens with one attached hydrogen (secondary N) is 1. The molecule has 1 saturated carbocycles. The van der Waals surface area contributed by atoms with Gasteiger partial charge in [-0.2, -0.15) is 0 Å². The molecule has 2 aromatic rings. The van der Waals surface area contributed by atoms with Crippen LogP contribution in [0.2, 0.25) is 0 Å². The Morgan fingerprint density at radius 3 is 2.76 bits per heavy atom. The number of amides is 1. The van der Waals surface area contributed by atoms with Crippen LogP contribution in [0.15, 0.2) is 24.5 Å². The van der Waals surface area contributed by atoms with Crippen molar-refractivity contribution in [2.75, 3.05) is 0 Å². The number of nitrogens with zero attached hydrogens (tertiary/aromatic N) is 2. The smallest absolute Gasteiger partial charge is 0.263 e. The Bertz CT molecular complexity index is 618. The number of aromatic nitrogens is 2. The summed E-state index contributed by atoms with van der Waals surface area (Å²) in [6, 6.07) is 4.23. The molecule has 1 fully saturated rings. The molecule has 1 aliphatic carbocycles. The Labute approximate surface area is 129 Å². The Morgan fingerprint density at radius 1 is 1.33 bits per heavy atom. The van der Waals surface area contributed by atoms with Gasteiger partial charge in [-0.25, -0.2) is 4.98 Å². The van der Waals surface area contributed by atoms with Crippen LogP contribution < -0.4 is 5.32 Å². The molecule has 4 nitrogen and oxygen atoms in total. The van der Waals surface area contributed by atoms with Crippen LogP contribution in [-0.4, -0.2) is 21.5 Å². The van der Waals surface area contributed by atoms with Gasteiger partial charge in [0.2, 0.25) is 0 Å². The number of hydrogen-bond donors (Lipinski definition) is 1. The molecule has 0 bridgehead atoms. The highest BCUT2D eigenvalue weighted by Gasteiger charge is 2.25. The molecular formula is C16H21N3OS. The van der Waals surface area contributed by atoms with Gasteiger partial charge in [-0.3, -0.25) is 4.79 Å². The molecular weight excluding hydrogens is 282 g/mol. The molecule has 112 valence electrons. The highest BCUT2D eigenvalue weighted by molar-refractivity contribution is 7.16. The third-order valence-electron chi connectivity index (χ3n) is 4.24. The Kier molecular flexibility index (Phi) is 4.10. The van der Waals surface area contributed by atoms with E-state index >= 15 is 0 Å². The standard InChI is InChI=1S/C16H21N3OS/c1-11-7-3-4-8-13(11)18-15(20)14-12(2)17-16(21-14)19-9-5-6-10-19/h5-6,9-11,13H,3-4,7-8H2,1-2H3,(H,18,20). The quantitative estimate of drug-likeness (QED) is 0.942. The molecule has 2 unspecified atom stereocenters. The number of hydrogen-bond acceptors (Lipinski definition) is 3. The lowest BCUT2D eigenvalue weighted by Crippen LogP contribution is -2.40. The SMILES string of the molecule is Cc1nc(-n2cccc2)sc1C(=O)NC1CCCCC1C. The van der Waals surface area contributed by atoms with Crippen LogP contribution in [0.1, 0.15) is 48.0 Å². The molecule has 0 saturated heterocycles. The van der Waals surface area contributed by atoms with Crippen molar-refractivity contribution in [3.63, 3.8) is 0 Å². The molecule has 1 N–H and O–H groups in total. The van der Waals surface area contributed by atoms with Crippen LogP contribution in [0.3, 0.4) is 0 Å². The fourth-order valence-electron chi connectivity index (χ4n) is 2.93. The average molecular weight is 303 g/mol. The summed E-state index contributed by atoms with van der Waals surface area (Å²) in [6.07, 6.45) is 8.69. The lowest BCUT2D eigenvalue weighted by molar-refractivity contribution is 0.0913. The van der Waals surface area contributed by atoms with Crippen molar-refractivity contribution in [2.45, 2.75) is 45.6 Å². The minimum absolute atomic E-state index is 0.0298. The maximum absolute atomic E-state index is 12.5. The molecule has 5 heteroatoms. The van der Waals surface area contributed by atoms with Gasteiger partial charge >= 0.3 is 0 Å². The van der Waals surface area contributed by atoms with Crippen molar-refractivity contribution < 1.29 is 4.79 Å². The van der Waals surface area contributed by atoms with E-state index in [0.717, 1.165) is 22.1 Å². The normalized spacial score (nSPS) is 22.2. The van der Waals surface area contributed by atoms with Gasteiger partial charge in [0.15, 0.2) is 5.13 Å². The number of aryl methyl sites for hydroxylation is 1. The predicted octanol–water partition coefficient (Wildman–Crippen LogP) is 3.55. The number of carbonyl (C=O) groups is 1. The van der Waals surface area contributed by atoms with Crippen molar-refractivity contribution in [3.8, 4) is 5.13 Å². The lowest BCUT2D eigenvalue weighted by Gasteiger charge is -2.29. The summed E-state index contributed by atoms with van der Waals surface area (Å²) in [7, 11) is 0. The molecule has 0 aliphatic heterocycles. The van der Waals surface area contributed by atoms with Crippen molar-refractivity contribution >= 4 is 17.2 Å². The van der Waals surface area contributed by atoms with Crippen LogP contribution in [0, 0.1) is 12.8 Å². The molecule has 1 aliphatic rings. The Balaban J connectivity index is 1.75. The molecule has 3 rings (SSSR count). The van der Waals surface area contributed by atoms with Gasteiger partial charge in [0.1, 0.15) is 4.88 Å².